The fourth-order valence-electron chi connectivity index (χ4n) is 3.13. The Morgan fingerprint density at radius 3 is 2.70 bits per heavy atom. The van der Waals surface area contributed by atoms with E-state index in [0.717, 1.165) is 39.0 Å². The summed E-state index contributed by atoms with van der Waals surface area (Å²) in [6.07, 6.45) is 2.69. The summed E-state index contributed by atoms with van der Waals surface area (Å²) in [5.41, 5.74) is 2.61. The van der Waals surface area contributed by atoms with E-state index in [-0.39, 0.29) is 11.9 Å². The smallest absolute Gasteiger partial charge is 0.240 e. The molecular formula is C16H22N2O2. The average molecular weight is 274 g/mol. The molecule has 2 heterocycles. The molecule has 0 radical (unpaired) electrons. The van der Waals surface area contributed by atoms with Crippen LogP contribution in [0.2, 0.25) is 0 Å². The van der Waals surface area contributed by atoms with E-state index in [1.807, 2.05) is 18.0 Å². The maximum atomic E-state index is 12.6. The number of rotatable bonds is 2. The van der Waals surface area contributed by atoms with Crippen molar-refractivity contribution in [2.45, 2.75) is 37.9 Å². The van der Waals surface area contributed by atoms with Gasteiger partial charge in [0.05, 0.1) is 6.04 Å². The number of fused-ring (bicyclic) bond motifs is 1. The SMILES string of the molecule is CN(C(=O)[C@H]1Cc2ccccc2CN1)C1CCOCC1. The van der Waals surface area contributed by atoms with E-state index in [2.05, 4.69) is 23.5 Å². The van der Waals surface area contributed by atoms with Crippen molar-refractivity contribution in [3.8, 4) is 0 Å². The Balaban J connectivity index is 1.66. The van der Waals surface area contributed by atoms with Crippen LogP contribution in [0.4, 0.5) is 0 Å². The van der Waals surface area contributed by atoms with Crippen LogP contribution in [0, 0.1) is 0 Å². The second kappa shape index (κ2) is 5.94. The molecule has 1 amide bonds. The zero-order chi connectivity index (χ0) is 13.9. The maximum Gasteiger partial charge on any atom is 0.240 e. The zero-order valence-corrected chi connectivity index (χ0v) is 12.0. The highest BCUT2D eigenvalue weighted by Gasteiger charge is 2.30. The van der Waals surface area contributed by atoms with Crippen molar-refractivity contribution in [3.63, 3.8) is 0 Å². The van der Waals surface area contributed by atoms with Crippen molar-refractivity contribution < 1.29 is 9.53 Å². The van der Waals surface area contributed by atoms with E-state index < -0.39 is 0 Å². The lowest BCUT2D eigenvalue weighted by atomic mass is 9.94. The number of benzene rings is 1. The summed E-state index contributed by atoms with van der Waals surface area (Å²) in [6, 6.07) is 8.61. The van der Waals surface area contributed by atoms with Gasteiger partial charge in [0.2, 0.25) is 5.91 Å². The summed E-state index contributed by atoms with van der Waals surface area (Å²) in [5, 5.41) is 3.37. The van der Waals surface area contributed by atoms with Crippen molar-refractivity contribution in [1.82, 2.24) is 10.2 Å². The van der Waals surface area contributed by atoms with Crippen molar-refractivity contribution in [3.05, 3.63) is 35.4 Å². The Hall–Kier alpha value is -1.39. The van der Waals surface area contributed by atoms with Crippen LogP contribution >= 0.6 is 0 Å². The minimum atomic E-state index is -0.0854. The molecule has 4 nitrogen and oxygen atoms in total. The van der Waals surface area contributed by atoms with Gasteiger partial charge in [-0.2, -0.15) is 0 Å². The molecular weight excluding hydrogens is 252 g/mol. The van der Waals surface area contributed by atoms with Gasteiger partial charge in [0.15, 0.2) is 0 Å². The Morgan fingerprint density at radius 2 is 1.95 bits per heavy atom. The van der Waals surface area contributed by atoms with Crippen LogP contribution < -0.4 is 5.32 Å². The molecule has 0 saturated carbocycles. The van der Waals surface area contributed by atoms with Crippen LogP contribution in [0.15, 0.2) is 24.3 Å². The van der Waals surface area contributed by atoms with E-state index in [1.165, 1.54) is 11.1 Å². The molecule has 4 heteroatoms. The second-order valence-electron chi connectivity index (χ2n) is 5.70. The lowest BCUT2D eigenvalue weighted by molar-refractivity contribution is -0.136. The standard InChI is InChI=1S/C16H22N2O2/c1-18(14-6-8-20-9-7-14)16(19)15-10-12-4-2-3-5-13(12)11-17-15/h2-5,14-15,17H,6-11H2,1H3/t15-/m1/s1. The fraction of sp³-hybridized carbons (Fsp3) is 0.562. The third-order valence-electron chi connectivity index (χ3n) is 4.47. The number of carbonyl (C=O) groups is 1. The molecule has 20 heavy (non-hydrogen) atoms. The first-order valence-electron chi connectivity index (χ1n) is 7.40. The normalized spacial score (nSPS) is 23.1. The maximum absolute atomic E-state index is 12.6. The summed E-state index contributed by atoms with van der Waals surface area (Å²) >= 11 is 0. The summed E-state index contributed by atoms with van der Waals surface area (Å²) in [4.78, 5) is 14.6. The Kier molecular flexibility index (Phi) is 4.03. The molecule has 0 spiro atoms. The third-order valence-corrected chi connectivity index (χ3v) is 4.47. The van der Waals surface area contributed by atoms with E-state index in [1.54, 1.807) is 0 Å². The molecule has 0 bridgehead atoms. The van der Waals surface area contributed by atoms with Crippen LogP contribution in [0.1, 0.15) is 24.0 Å². The van der Waals surface area contributed by atoms with Crippen LogP contribution in [0.5, 0.6) is 0 Å². The molecule has 108 valence electrons. The van der Waals surface area contributed by atoms with Gasteiger partial charge >= 0.3 is 0 Å². The van der Waals surface area contributed by atoms with Gasteiger partial charge in [0, 0.05) is 32.8 Å². The van der Waals surface area contributed by atoms with Gasteiger partial charge < -0.3 is 15.0 Å². The number of hydrogen-bond acceptors (Lipinski definition) is 3. The summed E-state index contributed by atoms with van der Waals surface area (Å²) in [7, 11) is 1.93. The molecule has 1 atom stereocenters. The fourth-order valence-corrected chi connectivity index (χ4v) is 3.13. The molecule has 2 aliphatic rings. The monoisotopic (exact) mass is 274 g/mol. The second-order valence-corrected chi connectivity index (χ2v) is 5.70. The number of carbonyl (C=O) groups excluding carboxylic acids is 1. The molecule has 1 saturated heterocycles. The molecule has 1 aromatic carbocycles. The molecule has 1 fully saturated rings. The Labute approximate surface area is 120 Å². The Bertz CT molecular complexity index is 483. The molecule has 0 aliphatic carbocycles. The first-order chi connectivity index (χ1) is 9.75. The average Bonchev–Trinajstić information content (AvgIpc) is 2.54. The minimum Gasteiger partial charge on any atom is -0.381 e. The molecule has 2 aliphatic heterocycles. The number of likely N-dealkylation sites (N-methyl/N-ethyl adjacent to an activating group) is 1. The lowest BCUT2D eigenvalue weighted by Crippen LogP contribution is -2.52. The highest BCUT2D eigenvalue weighted by atomic mass is 16.5. The van der Waals surface area contributed by atoms with Gasteiger partial charge in [-0.05, 0) is 30.4 Å². The molecule has 1 N–H and O–H groups in total. The van der Waals surface area contributed by atoms with Crippen molar-refractivity contribution in [2.24, 2.45) is 0 Å². The minimum absolute atomic E-state index is 0.0854. The summed E-state index contributed by atoms with van der Waals surface area (Å²) in [6.45, 7) is 2.32. The predicted octanol–water partition coefficient (Wildman–Crippen LogP) is 1.34. The molecule has 0 unspecified atom stereocenters. The van der Waals surface area contributed by atoms with E-state index in [0.29, 0.717) is 6.04 Å². The van der Waals surface area contributed by atoms with Gasteiger partial charge in [-0.25, -0.2) is 0 Å². The van der Waals surface area contributed by atoms with Crippen molar-refractivity contribution >= 4 is 5.91 Å². The third kappa shape index (κ3) is 2.72. The van der Waals surface area contributed by atoms with Gasteiger partial charge in [-0.15, -0.1) is 0 Å². The highest BCUT2D eigenvalue weighted by molar-refractivity contribution is 5.82. The number of ether oxygens (including phenoxy) is 1. The van der Waals surface area contributed by atoms with Crippen LogP contribution in [0.25, 0.3) is 0 Å². The summed E-state index contributed by atoms with van der Waals surface area (Å²) in [5.74, 6) is 0.214. The number of nitrogens with one attached hydrogen (secondary N) is 1. The van der Waals surface area contributed by atoms with E-state index >= 15 is 0 Å². The molecule has 3 rings (SSSR count). The number of nitrogens with zero attached hydrogens (tertiary/aromatic N) is 1. The number of hydrogen-bond donors (Lipinski definition) is 1. The van der Waals surface area contributed by atoms with Gasteiger partial charge in [-0.1, -0.05) is 24.3 Å². The predicted molar refractivity (Wildman–Crippen MR) is 77.4 cm³/mol. The number of amides is 1. The topological polar surface area (TPSA) is 41.6 Å². The molecule has 1 aromatic rings. The zero-order valence-electron chi connectivity index (χ0n) is 12.0. The Morgan fingerprint density at radius 1 is 1.25 bits per heavy atom. The van der Waals surface area contributed by atoms with Crippen molar-refractivity contribution in [2.75, 3.05) is 20.3 Å². The largest absolute Gasteiger partial charge is 0.381 e. The quantitative estimate of drug-likeness (QED) is 0.885. The van der Waals surface area contributed by atoms with Crippen LogP contribution in [-0.4, -0.2) is 43.2 Å². The van der Waals surface area contributed by atoms with Gasteiger partial charge in [-0.3, -0.25) is 4.79 Å². The van der Waals surface area contributed by atoms with Crippen LogP contribution in [0.3, 0.4) is 0 Å². The van der Waals surface area contributed by atoms with Gasteiger partial charge in [0.1, 0.15) is 0 Å². The van der Waals surface area contributed by atoms with E-state index in [9.17, 15) is 4.79 Å². The highest BCUT2D eigenvalue weighted by Crippen LogP contribution is 2.19. The summed E-state index contributed by atoms with van der Waals surface area (Å²) < 4.78 is 5.37. The van der Waals surface area contributed by atoms with Gasteiger partial charge in [0.25, 0.3) is 0 Å². The van der Waals surface area contributed by atoms with Crippen molar-refractivity contribution in [1.29, 1.82) is 0 Å². The van der Waals surface area contributed by atoms with E-state index in [4.69, 9.17) is 4.74 Å². The van der Waals surface area contributed by atoms with Crippen LogP contribution in [-0.2, 0) is 22.5 Å². The lowest BCUT2D eigenvalue weighted by Gasteiger charge is -2.35. The molecule has 0 aromatic heterocycles. The first kappa shape index (κ1) is 13.6. The first-order valence-corrected chi connectivity index (χ1v) is 7.40.